The maximum Gasteiger partial charge on any atom is 0.472 e. The van der Waals surface area contributed by atoms with E-state index in [0.717, 1.165) is 11.1 Å². The lowest BCUT2D eigenvalue weighted by Crippen LogP contribution is -2.37. The molecule has 14 heteroatoms. The van der Waals surface area contributed by atoms with E-state index in [1.165, 1.54) is 0 Å². The molecule has 0 aliphatic rings. The number of likely N-dealkylation sites (N-methyl/N-ethyl adjacent to an activating group) is 2. The van der Waals surface area contributed by atoms with Gasteiger partial charge in [0.25, 0.3) is 0 Å². The fourth-order valence-corrected chi connectivity index (χ4v) is 4.43. The van der Waals surface area contributed by atoms with Gasteiger partial charge in [0, 0.05) is 0 Å². The van der Waals surface area contributed by atoms with Crippen LogP contribution in [0, 0.1) is 0 Å². The first kappa shape index (κ1) is 34.4. The van der Waals surface area contributed by atoms with E-state index in [1.54, 1.807) is 24.3 Å². The summed E-state index contributed by atoms with van der Waals surface area (Å²) in [6, 6.07) is 14.7. The summed E-state index contributed by atoms with van der Waals surface area (Å²) >= 11 is 0. The number of ether oxygens (including phenoxy) is 2. The van der Waals surface area contributed by atoms with E-state index >= 15 is 0 Å². The lowest BCUT2D eigenvalue weighted by Gasteiger charge is -2.24. The lowest BCUT2D eigenvalue weighted by molar-refractivity contribution is -0.870. The van der Waals surface area contributed by atoms with Crippen LogP contribution in [0.5, 0.6) is 11.5 Å². The smallest absolute Gasteiger partial charge is 0.472 e. The van der Waals surface area contributed by atoms with Gasteiger partial charge in [-0.3, -0.25) is 18.1 Å². The molecule has 0 saturated carbocycles. The molecular formula is C26H44N2O10P2+2. The second-order valence-electron chi connectivity index (χ2n) is 11.0. The molecule has 0 amide bonds. The zero-order valence-corrected chi connectivity index (χ0v) is 26.0. The second kappa shape index (κ2) is 15.4. The van der Waals surface area contributed by atoms with Crippen LogP contribution in [-0.2, 0) is 27.2 Å². The standard InChI is InChI=1S/C26H42N2O10P2/c1-27(2,3)15-17-35-39(29,30)37-21-19-33-25-11-7-23(8-12-25)24-9-13-26(14-10-24)34-20-22-38-40(31,32)36-18-16-28(4,5)6/h7-14H,15-22H2,1-6H3/p+2. The fraction of sp³-hybridized carbons (Fsp3) is 0.538. The van der Waals surface area contributed by atoms with Crippen molar-refractivity contribution in [2.45, 2.75) is 0 Å². The number of phosphoric acid groups is 2. The van der Waals surface area contributed by atoms with E-state index < -0.39 is 15.6 Å². The molecule has 0 spiro atoms. The Morgan fingerprint density at radius 3 is 1.12 bits per heavy atom. The van der Waals surface area contributed by atoms with Crippen LogP contribution < -0.4 is 9.47 Å². The first-order chi connectivity index (χ1) is 18.5. The molecule has 0 saturated heterocycles. The van der Waals surface area contributed by atoms with Gasteiger partial charge < -0.3 is 28.2 Å². The van der Waals surface area contributed by atoms with Crippen molar-refractivity contribution < 1.29 is 55.5 Å². The molecule has 2 N–H and O–H groups in total. The molecule has 2 aromatic rings. The number of nitrogens with zero attached hydrogens (tertiary/aromatic N) is 2. The van der Waals surface area contributed by atoms with Crippen LogP contribution in [0.1, 0.15) is 0 Å². The zero-order chi connectivity index (χ0) is 29.9. The SMILES string of the molecule is C[N+](C)(C)CCOP(=O)(O)OCCOc1ccc(-c2ccc(OCCOP(=O)(O)OCC[N+](C)(C)C)cc2)cc1. The molecule has 0 heterocycles. The lowest BCUT2D eigenvalue weighted by atomic mass is 10.1. The monoisotopic (exact) mass is 606 g/mol. The maximum absolute atomic E-state index is 11.9. The molecule has 0 fully saturated rings. The predicted octanol–water partition coefficient (Wildman–Crippen LogP) is 3.79. The molecular weight excluding hydrogens is 562 g/mol. The van der Waals surface area contributed by atoms with E-state index in [4.69, 9.17) is 27.6 Å². The minimum absolute atomic E-state index is 0.0897. The number of quaternary nitrogens is 2. The maximum atomic E-state index is 11.9. The highest BCUT2D eigenvalue weighted by Crippen LogP contribution is 2.43. The van der Waals surface area contributed by atoms with Crippen LogP contribution in [0.4, 0.5) is 0 Å². The minimum atomic E-state index is -4.12. The quantitative estimate of drug-likeness (QED) is 0.138. The minimum Gasteiger partial charge on any atom is -0.491 e. The van der Waals surface area contributed by atoms with Gasteiger partial charge in [-0.05, 0) is 35.4 Å². The molecule has 0 aliphatic carbocycles. The van der Waals surface area contributed by atoms with E-state index in [0.29, 0.717) is 33.6 Å². The average Bonchev–Trinajstić information content (AvgIpc) is 2.83. The van der Waals surface area contributed by atoms with E-state index in [2.05, 4.69) is 0 Å². The van der Waals surface area contributed by atoms with Gasteiger partial charge >= 0.3 is 15.6 Å². The van der Waals surface area contributed by atoms with Crippen molar-refractivity contribution in [3.05, 3.63) is 48.5 Å². The molecule has 0 aromatic heterocycles. The highest BCUT2D eigenvalue weighted by atomic mass is 31.2. The summed E-state index contributed by atoms with van der Waals surface area (Å²) in [4.78, 5) is 19.5. The molecule has 2 aromatic carbocycles. The molecule has 0 bridgehead atoms. The third-order valence-electron chi connectivity index (χ3n) is 5.29. The second-order valence-corrected chi connectivity index (χ2v) is 14.0. The van der Waals surface area contributed by atoms with Gasteiger partial charge in [0.15, 0.2) is 0 Å². The van der Waals surface area contributed by atoms with Crippen molar-refractivity contribution in [2.24, 2.45) is 0 Å². The van der Waals surface area contributed by atoms with Crippen LogP contribution in [0.15, 0.2) is 48.5 Å². The summed E-state index contributed by atoms with van der Waals surface area (Å²) in [6.45, 7) is 1.37. The van der Waals surface area contributed by atoms with Gasteiger partial charge in [0.05, 0.1) is 55.5 Å². The Kier molecular flexibility index (Phi) is 13.3. The van der Waals surface area contributed by atoms with Crippen molar-refractivity contribution in [3.8, 4) is 22.6 Å². The van der Waals surface area contributed by atoms with Gasteiger partial charge in [0.1, 0.15) is 51.0 Å². The summed E-state index contributed by atoms with van der Waals surface area (Å²) in [5.74, 6) is 1.18. The number of benzene rings is 2. The van der Waals surface area contributed by atoms with E-state index in [9.17, 15) is 18.9 Å². The Morgan fingerprint density at radius 1 is 0.525 bits per heavy atom. The summed E-state index contributed by atoms with van der Waals surface area (Å²) in [7, 11) is 3.52. The Hall–Kier alpha value is -1.82. The van der Waals surface area contributed by atoms with E-state index in [-0.39, 0.29) is 39.6 Å². The molecule has 2 atom stereocenters. The van der Waals surface area contributed by atoms with Crippen LogP contribution in [0.2, 0.25) is 0 Å². The Bertz CT molecular complexity index is 1030. The van der Waals surface area contributed by atoms with Crippen molar-refractivity contribution in [1.29, 1.82) is 0 Å². The van der Waals surface area contributed by atoms with Gasteiger partial charge in [-0.2, -0.15) is 0 Å². The Labute approximate surface area is 237 Å². The molecule has 2 unspecified atom stereocenters. The Morgan fingerprint density at radius 2 is 0.825 bits per heavy atom. The van der Waals surface area contributed by atoms with Gasteiger partial charge in [-0.1, -0.05) is 24.3 Å². The topological polar surface area (TPSA) is 130 Å². The number of phosphoric ester groups is 2. The van der Waals surface area contributed by atoms with Crippen LogP contribution in [-0.4, -0.2) is 114 Å². The summed E-state index contributed by atoms with van der Waals surface area (Å²) in [6.07, 6.45) is 0. The van der Waals surface area contributed by atoms with Crippen LogP contribution in [0.3, 0.4) is 0 Å². The van der Waals surface area contributed by atoms with Crippen LogP contribution in [0.25, 0.3) is 11.1 Å². The molecule has 0 aliphatic heterocycles. The molecule has 12 nitrogen and oxygen atoms in total. The average molecular weight is 607 g/mol. The van der Waals surface area contributed by atoms with Gasteiger partial charge in [-0.15, -0.1) is 0 Å². The van der Waals surface area contributed by atoms with Gasteiger partial charge in [0.2, 0.25) is 0 Å². The number of hydrogen-bond acceptors (Lipinski definition) is 8. The molecule has 0 radical (unpaired) electrons. The van der Waals surface area contributed by atoms with Gasteiger partial charge in [-0.25, -0.2) is 9.13 Å². The number of rotatable bonds is 19. The first-order valence-electron chi connectivity index (χ1n) is 12.8. The highest BCUT2D eigenvalue weighted by Gasteiger charge is 2.23. The Balaban J connectivity index is 1.70. The third kappa shape index (κ3) is 15.3. The van der Waals surface area contributed by atoms with Crippen molar-refractivity contribution >= 4 is 15.6 Å². The molecule has 40 heavy (non-hydrogen) atoms. The zero-order valence-electron chi connectivity index (χ0n) is 24.2. The summed E-state index contributed by atoms with van der Waals surface area (Å²) < 4.78 is 56.1. The van der Waals surface area contributed by atoms with Crippen LogP contribution >= 0.6 is 15.6 Å². The van der Waals surface area contributed by atoms with Crippen molar-refractivity contribution in [3.63, 3.8) is 0 Å². The molecule has 2 rings (SSSR count). The fourth-order valence-electron chi connectivity index (χ4n) is 3.05. The number of hydrogen-bond donors (Lipinski definition) is 2. The summed E-state index contributed by atoms with van der Waals surface area (Å²) in [5, 5.41) is 0. The largest absolute Gasteiger partial charge is 0.491 e. The first-order valence-corrected chi connectivity index (χ1v) is 15.8. The van der Waals surface area contributed by atoms with Crippen molar-refractivity contribution in [2.75, 3.05) is 95.0 Å². The van der Waals surface area contributed by atoms with Crippen molar-refractivity contribution in [1.82, 2.24) is 0 Å². The highest BCUT2D eigenvalue weighted by molar-refractivity contribution is 7.47. The molecule has 226 valence electrons. The van der Waals surface area contributed by atoms with E-state index in [1.807, 2.05) is 66.6 Å². The predicted molar refractivity (Wildman–Crippen MR) is 152 cm³/mol. The summed E-state index contributed by atoms with van der Waals surface area (Å²) in [5.41, 5.74) is 1.91. The third-order valence-corrected chi connectivity index (χ3v) is 7.32. The normalized spacial score (nSPS) is 15.3.